The zero-order valence-corrected chi connectivity index (χ0v) is 14.8. The van der Waals surface area contributed by atoms with E-state index in [1.165, 1.54) is 25.7 Å². The van der Waals surface area contributed by atoms with Crippen molar-refractivity contribution in [1.29, 1.82) is 0 Å². The second kappa shape index (κ2) is 11.0. The van der Waals surface area contributed by atoms with E-state index in [0.717, 1.165) is 18.0 Å². The van der Waals surface area contributed by atoms with Gasteiger partial charge in [-0.2, -0.15) is 0 Å². The van der Waals surface area contributed by atoms with Gasteiger partial charge in [0.15, 0.2) is 0 Å². The Morgan fingerprint density at radius 3 is 1.76 bits per heavy atom. The fraction of sp³-hybridized carbons (Fsp3) is 0.647. The van der Waals surface area contributed by atoms with Crippen molar-refractivity contribution in [1.82, 2.24) is 0 Å². The maximum Gasteiger partial charge on any atom is 0.536 e. The third kappa shape index (κ3) is 6.30. The summed E-state index contributed by atoms with van der Waals surface area (Å²) in [4.78, 5) is 0. The highest BCUT2D eigenvalue weighted by Gasteiger charge is 2.42. The Balaban J connectivity index is 2.70. The van der Waals surface area contributed by atoms with E-state index in [-0.39, 0.29) is 0 Å². The lowest BCUT2D eigenvalue weighted by Gasteiger charge is -2.28. The molecule has 120 valence electrons. The van der Waals surface area contributed by atoms with E-state index in [9.17, 15) is 0 Å². The van der Waals surface area contributed by atoms with Gasteiger partial charge >= 0.3 is 8.80 Å². The average Bonchev–Trinajstić information content (AvgIpc) is 2.54. The molecule has 0 aliphatic heterocycles. The maximum atomic E-state index is 6.14. The monoisotopic (exact) mass is 310 g/mol. The SMILES string of the molecule is CCCCCO[Si](OC)(OCCCCC)c1ccccc1. The Bertz CT molecular complexity index is 344. The molecule has 0 aromatic heterocycles. The number of rotatable bonds is 12. The van der Waals surface area contributed by atoms with Crippen molar-refractivity contribution in [2.45, 2.75) is 52.4 Å². The first kappa shape index (κ1) is 18.4. The van der Waals surface area contributed by atoms with E-state index in [1.54, 1.807) is 7.11 Å². The van der Waals surface area contributed by atoms with Crippen molar-refractivity contribution < 1.29 is 13.3 Å². The Kier molecular flexibility index (Phi) is 9.59. The van der Waals surface area contributed by atoms with Crippen LogP contribution in [0.2, 0.25) is 0 Å². The van der Waals surface area contributed by atoms with Crippen LogP contribution in [0, 0.1) is 0 Å². The van der Waals surface area contributed by atoms with Crippen molar-refractivity contribution in [2.75, 3.05) is 20.3 Å². The number of benzene rings is 1. The minimum atomic E-state index is -2.75. The largest absolute Gasteiger partial charge is 0.536 e. The second-order valence-corrected chi connectivity index (χ2v) is 7.91. The highest BCUT2D eigenvalue weighted by Crippen LogP contribution is 2.12. The molecule has 3 nitrogen and oxygen atoms in total. The lowest BCUT2D eigenvalue weighted by molar-refractivity contribution is 0.0887. The van der Waals surface area contributed by atoms with E-state index in [4.69, 9.17) is 13.3 Å². The molecule has 0 fully saturated rings. The maximum absolute atomic E-state index is 6.14. The van der Waals surface area contributed by atoms with Gasteiger partial charge in [-0.3, -0.25) is 0 Å². The van der Waals surface area contributed by atoms with Crippen LogP contribution in [0.3, 0.4) is 0 Å². The van der Waals surface area contributed by atoms with E-state index >= 15 is 0 Å². The van der Waals surface area contributed by atoms with Crippen molar-refractivity contribution in [2.24, 2.45) is 0 Å². The third-order valence-corrected chi connectivity index (χ3v) is 6.22. The molecule has 0 aliphatic carbocycles. The molecular weight excluding hydrogens is 280 g/mol. The van der Waals surface area contributed by atoms with Gasteiger partial charge in [0.05, 0.1) is 0 Å². The summed E-state index contributed by atoms with van der Waals surface area (Å²) in [5.74, 6) is 0. The molecule has 0 heterocycles. The Hall–Kier alpha value is -0.683. The second-order valence-electron chi connectivity index (χ2n) is 5.24. The molecule has 0 bridgehead atoms. The predicted molar refractivity (Wildman–Crippen MR) is 89.8 cm³/mol. The quantitative estimate of drug-likeness (QED) is 0.433. The molecule has 0 atom stereocenters. The topological polar surface area (TPSA) is 27.7 Å². The van der Waals surface area contributed by atoms with Gasteiger partial charge in [-0.1, -0.05) is 69.9 Å². The van der Waals surface area contributed by atoms with Gasteiger partial charge < -0.3 is 13.3 Å². The highest BCUT2D eigenvalue weighted by molar-refractivity contribution is 6.75. The van der Waals surface area contributed by atoms with Gasteiger partial charge in [0.1, 0.15) is 0 Å². The predicted octanol–water partition coefficient (Wildman–Crippen LogP) is 3.89. The van der Waals surface area contributed by atoms with Gasteiger partial charge in [-0.15, -0.1) is 0 Å². The summed E-state index contributed by atoms with van der Waals surface area (Å²) in [5.41, 5.74) is 0. The molecule has 1 aromatic rings. The third-order valence-electron chi connectivity index (χ3n) is 3.48. The van der Waals surface area contributed by atoms with Crippen LogP contribution in [0.4, 0.5) is 0 Å². The molecule has 0 saturated heterocycles. The lowest BCUT2D eigenvalue weighted by atomic mass is 10.3. The van der Waals surface area contributed by atoms with Crippen molar-refractivity contribution >= 4 is 14.0 Å². The van der Waals surface area contributed by atoms with Gasteiger partial charge in [-0.05, 0) is 12.8 Å². The highest BCUT2D eigenvalue weighted by atomic mass is 28.4. The standard InChI is InChI=1S/C17H30O3Si/c1-4-6-11-15-19-21(18-3,20-16-12-7-5-2)17-13-9-8-10-14-17/h8-10,13-14H,4-7,11-12,15-16H2,1-3H3. The van der Waals surface area contributed by atoms with Crippen LogP contribution >= 0.6 is 0 Å². The molecule has 21 heavy (non-hydrogen) atoms. The summed E-state index contributed by atoms with van der Waals surface area (Å²) in [7, 11) is -1.04. The van der Waals surface area contributed by atoms with Gasteiger partial charge in [-0.25, -0.2) is 0 Å². The number of hydrogen-bond acceptors (Lipinski definition) is 3. The molecule has 0 radical (unpaired) electrons. The Morgan fingerprint density at radius 2 is 1.33 bits per heavy atom. The van der Waals surface area contributed by atoms with Gasteiger partial charge in [0.25, 0.3) is 0 Å². The van der Waals surface area contributed by atoms with Crippen LogP contribution in [-0.4, -0.2) is 29.1 Å². The Labute approximate surface area is 131 Å². The van der Waals surface area contributed by atoms with Gasteiger partial charge in [0, 0.05) is 25.5 Å². The van der Waals surface area contributed by atoms with Crippen LogP contribution in [0.25, 0.3) is 0 Å². The lowest BCUT2D eigenvalue weighted by Crippen LogP contribution is -2.56. The first-order valence-corrected chi connectivity index (χ1v) is 9.90. The minimum Gasteiger partial charge on any atom is -0.373 e. The molecule has 1 aromatic carbocycles. The fourth-order valence-corrected chi connectivity index (χ4v) is 4.52. The molecule has 0 N–H and O–H groups in total. The first-order chi connectivity index (χ1) is 10.3. The summed E-state index contributed by atoms with van der Waals surface area (Å²) >= 11 is 0. The first-order valence-electron chi connectivity index (χ1n) is 8.17. The van der Waals surface area contributed by atoms with Crippen molar-refractivity contribution in [3.8, 4) is 0 Å². The molecule has 0 spiro atoms. The molecule has 0 aliphatic rings. The summed E-state index contributed by atoms with van der Waals surface area (Å²) < 4.78 is 18.1. The van der Waals surface area contributed by atoms with Crippen molar-refractivity contribution in [3.05, 3.63) is 30.3 Å². The molecule has 0 saturated carbocycles. The zero-order chi connectivity index (χ0) is 15.4. The van der Waals surface area contributed by atoms with Crippen LogP contribution in [0.5, 0.6) is 0 Å². The number of hydrogen-bond donors (Lipinski definition) is 0. The van der Waals surface area contributed by atoms with Crippen molar-refractivity contribution in [3.63, 3.8) is 0 Å². The summed E-state index contributed by atoms with van der Waals surface area (Å²) in [6.45, 7) is 5.80. The Morgan fingerprint density at radius 1 is 0.810 bits per heavy atom. The van der Waals surface area contributed by atoms with E-state index < -0.39 is 8.80 Å². The summed E-state index contributed by atoms with van der Waals surface area (Å²) in [5, 5.41) is 1.06. The fourth-order valence-electron chi connectivity index (χ4n) is 2.20. The number of unbranched alkanes of at least 4 members (excludes halogenated alkanes) is 4. The smallest absolute Gasteiger partial charge is 0.373 e. The minimum absolute atomic E-state index is 0.705. The molecule has 4 heteroatoms. The van der Waals surface area contributed by atoms with Crippen LogP contribution in [0.15, 0.2) is 30.3 Å². The molecule has 0 amide bonds. The van der Waals surface area contributed by atoms with Crippen LogP contribution in [0.1, 0.15) is 52.4 Å². The molecule has 1 rings (SSSR count). The van der Waals surface area contributed by atoms with E-state index in [1.807, 2.05) is 18.2 Å². The average molecular weight is 311 g/mol. The van der Waals surface area contributed by atoms with E-state index in [0.29, 0.717) is 13.2 Å². The molecule has 0 unspecified atom stereocenters. The summed E-state index contributed by atoms with van der Waals surface area (Å²) in [6.07, 6.45) is 6.85. The van der Waals surface area contributed by atoms with E-state index in [2.05, 4.69) is 26.0 Å². The van der Waals surface area contributed by atoms with Gasteiger partial charge in [0.2, 0.25) is 0 Å². The normalized spacial score (nSPS) is 11.8. The van der Waals surface area contributed by atoms with Crippen LogP contribution < -0.4 is 5.19 Å². The van der Waals surface area contributed by atoms with Crippen LogP contribution in [-0.2, 0) is 13.3 Å². The molecular formula is C17H30O3Si. The summed E-state index contributed by atoms with van der Waals surface area (Å²) in [6, 6.07) is 10.1. The zero-order valence-electron chi connectivity index (χ0n) is 13.8.